The monoisotopic (exact) mass is 885 g/mol. The summed E-state index contributed by atoms with van der Waals surface area (Å²) in [6.07, 6.45) is 61.4. The molecule has 0 aromatic heterocycles. The molecule has 1 unspecified atom stereocenters. The van der Waals surface area contributed by atoms with E-state index in [0.717, 1.165) is 51.4 Å². The van der Waals surface area contributed by atoms with Gasteiger partial charge >= 0.3 is 17.9 Å². The first kappa shape index (κ1) is 60.6. The van der Waals surface area contributed by atoms with E-state index in [1.165, 1.54) is 193 Å². The Hall–Kier alpha value is -2.37. The standard InChI is InChI=1S/C57H104O6/c1-4-7-10-13-16-19-22-25-27-28-30-32-35-38-41-44-47-50-56(59)62-53-54(52-61-55(58)49-46-43-40-37-34-31-24-21-18-15-12-9-6-3)63-57(60)51-48-45-42-39-36-33-29-26-23-20-17-14-11-8-5-2/h25,27,31,34,40,43,54H,4-24,26,28-30,32-33,35-39,41-42,44-53H2,1-3H3/b27-25+,34-31+,43-40+. The molecule has 0 heterocycles. The smallest absolute Gasteiger partial charge is 0.306 e. The van der Waals surface area contributed by atoms with Gasteiger partial charge in [-0.05, 0) is 64.2 Å². The Kier molecular flexibility index (Phi) is 50.3. The predicted molar refractivity (Wildman–Crippen MR) is 270 cm³/mol. The summed E-state index contributed by atoms with van der Waals surface area (Å²) in [6, 6.07) is 0. The van der Waals surface area contributed by atoms with Crippen LogP contribution < -0.4 is 0 Å². The molecule has 368 valence electrons. The summed E-state index contributed by atoms with van der Waals surface area (Å²) in [4.78, 5) is 38.0. The van der Waals surface area contributed by atoms with Gasteiger partial charge in [-0.2, -0.15) is 0 Å². The van der Waals surface area contributed by atoms with Gasteiger partial charge in [0.05, 0.1) is 0 Å². The third kappa shape index (κ3) is 50.5. The van der Waals surface area contributed by atoms with Crippen molar-refractivity contribution in [2.45, 2.75) is 297 Å². The zero-order chi connectivity index (χ0) is 45.8. The van der Waals surface area contributed by atoms with Crippen LogP contribution in [0.4, 0.5) is 0 Å². The molecule has 0 N–H and O–H groups in total. The number of unbranched alkanes of at least 4 members (excludes halogenated alkanes) is 33. The highest BCUT2D eigenvalue weighted by molar-refractivity contribution is 5.71. The summed E-state index contributed by atoms with van der Waals surface area (Å²) in [7, 11) is 0. The van der Waals surface area contributed by atoms with Crippen LogP contribution in [0.2, 0.25) is 0 Å². The summed E-state index contributed by atoms with van der Waals surface area (Å²) in [5, 5.41) is 0. The van der Waals surface area contributed by atoms with Crippen LogP contribution in [-0.2, 0) is 28.6 Å². The van der Waals surface area contributed by atoms with E-state index >= 15 is 0 Å². The maximum Gasteiger partial charge on any atom is 0.306 e. The Morgan fingerprint density at radius 1 is 0.317 bits per heavy atom. The SMILES string of the molecule is CCCCCCCC/C=C/C/C=C/CCC(=O)OCC(COC(=O)CCCCCCCCC/C=C/CCCCCCCC)OC(=O)CCCCCCCCCCCCCCCCC. The van der Waals surface area contributed by atoms with Crippen LogP contribution in [0, 0.1) is 0 Å². The van der Waals surface area contributed by atoms with Crippen molar-refractivity contribution < 1.29 is 28.6 Å². The molecule has 63 heavy (non-hydrogen) atoms. The lowest BCUT2D eigenvalue weighted by Crippen LogP contribution is -2.30. The van der Waals surface area contributed by atoms with Gasteiger partial charge in [-0.15, -0.1) is 0 Å². The van der Waals surface area contributed by atoms with E-state index in [-0.39, 0.29) is 37.5 Å². The molecule has 0 radical (unpaired) electrons. The minimum Gasteiger partial charge on any atom is -0.462 e. The molecule has 0 spiro atoms. The van der Waals surface area contributed by atoms with Gasteiger partial charge in [0.25, 0.3) is 0 Å². The van der Waals surface area contributed by atoms with Gasteiger partial charge in [0.2, 0.25) is 0 Å². The molecule has 1 atom stereocenters. The molecule has 0 saturated heterocycles. The number of allylic oxidation sites excluding steroid dienone is 6. The van der Waals surface area contributed by atoms with E-state index in [1.807, 2.05) is 6.08 Å². The van der Waals surface area contributed by atoms with Gasteiger partial charge in [-0.1, -0.05) is 243 Å². The summed E-state index contributed by atoms with van der Waals surface area (Å²) in [5.41, 5.74) is 0. The first-order chi connectivity index (χ1) is 31.0. The molecule has 0 fully saturated rings. The fraction of sp³-hybridized carbons (Fsp3) is 0.842. The zero-order valence-electron chi connectivity index (χ0n) is 42.1. The topological polar surface area (TPSA) is 78.9 Å². The lowest BCUT2D eigenvalue weighted by Gasteiger charge is -2.18. The van der Waals surface area contributed by atoms with E-state index in [0.29, 0.717) is 19.3 Å². The molecule has 0 aliphatic rings. The maximum absolute atomic E-state index is 12.8. The van der Waals surface area contributed by atoms with Crippen molar-refractivity contribution in [2.24, 2.45) is 0 Å². The summed E-state index contributed by atoms with van der Waals surface area (Å²) in [5.74, 6) is -0.949. The highest BCUT2D eigenvalue weighted by Gasteiger charge is 2.19. The Labute approximate surface area is 391 Å². The number of hydrogen-bond acceptors (Lipinski definition) is 6. The molecule has 0 aliphatic heterocycles. The lowest BCUT2D eigenvalue weighted by molar-refractivity contribution is -0.166. The van der Waals surface area contributed by atoms with Gasteiger partial charge in [0.1, 0.15) is 13.2 Å². The van der Waals surface area contributed by atoms with Crippen LogP contribution in [0.25, 0.3) is 0 Å². The Balaban J connectivity index is 4.39. The van der Waals surface area contributed by atoms with Gasteiger partial charge in [-0.25, -0.2) is 0 Å². The van der Waals surface area contributed by atoms with Crippen LogP contribution in [0.15, 0.2) is 36.5 Å². The fourth-order valence-electron chi connectivity index (χ4n) is 7.96. The second kappa shape index (κ2) is 52.3. The quantitative estimate of drug-likeness (QED) is 0.0262. The van der Waals surface area contributed by atoms with Gasteiger partial charge in [-0.3, -0.25) is 14.4 Å². The number of ether oxygens (including phenoxy) is 3. The second-order valence-electron chi connectivity index (χ2n) is 18.5. The minimum atomic E-state index is -0.792. The van der Waals surface area contributed by atoms with Crippen molar-refractivity contribution in [3.8, 4) is 0 Å². The normalized spacial score (nSPS) is 12.2. The Bertz CT molecular complexity index is 1060. The molecule has 0 aromatic carbocycles. The average Bonchev–Trinajstić information content (AvgIpc) is 3.28. The maximum atomic E-state index is 12.8. The van der Waals surface area contributed by atoms with Crippen LogP contribution in [0.5, 0.6) is 0 Å². The highest BCUT2D eigenvalue weighted by Crippen LogP contribution is 2.16. The molecule has 0 rings (SSSR count). The second-order valence-corrected chi connectivity index (χ2v) is 18.5. The van der Waals surface area contributed by atoms with E-state index in [1.54, 1.807) is 0 Å². The molecule has 6 nitrogen and oxygen atoms in total. The van der Waals surface area contributed by atoms with Gasteiger partial charge in [0.15, 0.2) is 6.10 Å². The van der Waals surface area contributed by atoms with Crippen molar-refractivity contribution in [1.29, 1.82) is 0 Å². The van der Waals surface area contributed by atoms with Crippen molar-refractivity contribution in [3.05, 3.63) is 36.5 Å². The fourth-order valence-corrected chi connectivity index (χ4v) is 7.96. The zero-order valence-corrected chi connectivity index (χ0v) is 42.1. The molecular weight excluding hydrogens is 781 g/mol. The summed E-state index contributed by atoms with van der Waals surface area (Å²) < 4.78 is 16.8. The van der Waals surface area contributed by atoms with Crippen LogP contribution in [0.3, 0.4) is 0 Å². The number of esters is 3. The number of hydrogen-bond donors (Lipinski definition) is 0. The highest BCUT2D eigenvalue weighted by atomic mass is 16.6. The summed E-state index contributed by atoms with van der Waals surface area (Å²) in [6.45, 7) is 6.60. The van der Waals surface area contributed by atoms with E-state index < -0.39 is 6.10 Å². The van der Waals surface area contributed by atoms with Crippen molar-refractivity contribution in [3.63, 3.8) is 0 Å². The molecule has 6 heteroatoms. The van der Waals surface area contributed by atoms with Crippen molar-refractivity contribution in [2.75, 3.05) is 13.2 Å². The van der Waals surface area contributed by atoms with Crippen LogP contribution in [-0.4, -0.2) is 37.2 Å². The van der Waals surface area contributed by atoms with Crippen molar-refractivity contribution >= 4 is 17.9 Å². The number of rotatable bonds is 50. The minimum absolute atomic E-state index is 0.0882. The van der Waals surface area contributed by atoms with Crippen LogP contribution in [0.1, 0.15) is 290 Å². The predicted octanol–water partition coefficient (Wildman–Crippen LogP) is 18.1. The third-order valence-electron chi connectivity index (χ3n) is 12.1. The number of carbonyl (C=O) groups excluding carboxylic acids is 3. The Morgan fingerprint density at radius 3 is 0.984 bits per heavy atom. The summed E-state index contributed by atoms with van der Waals surface area (Å²) >= 11 is 0. The lowest BCUT2D eigenvalue weighted by atomic mass is 10.0. The van der Waals surface area contributed by atoms with Crippen LogP contribution >= 0.6 is 0 Å². The Morgan fingerprint density at radius 2 is 0.603 bits per heavy atom. The van der Waals surface area contributed by atoms with E-state index in [2.05, 4.69) is 51.2 Å². The van der Waals surface area contributed by atoms with Gasteiger partial charge < -0.3 is 14.2 Å². The average molecular weight is 885 g/mol. The number of carbonyl (C=O) groups is 3. The molecule has 0 saturated carbocycles. The molecular formula is C57H104O6. The van der Waals surface area contributed by atoms with E-state index in [4.69, 9.17) is 14.2 Å². The molecule has 0 aliphatic carbocycles. The first-order valence-electron chi connectivity index (χ1n) is 27.5. The van der Waals surface area contributed by atoms with Gasteiger partial charge in [0, 0.05) is 19.3 Å². The molecule has 0 amide bonds. The largest absolute Gasteiger partial charge is 0.462 e. The van der Waals surface area contributed by atoms with E-state index in [9.17, 15) is 14.4 Å². The third-order valence-corrected chi connectivity index (χ3v) is 12.1. The molecule has 0 bridgehead atoms. The van der Waals surface area contributed by atoms with Crippen molar-refractivity contribution in [1.82, 2.24) is 0 Å². The first-order valence-corrected chi connectivity index (χ1v) is 27.5. The molecule has 0 aromatic rings.